The van der Waals surface area contributed by atoms with Gasteiger partial charge in [0.05, 0.1) is 6.42 Å². The van der Waals surface area contributed by atoms with E-state index in [4.69, 9.17) is 0 Å². The van der Waals surface area contributed by atoms with E-state index in [1.54, 1.807) is 24.3 Å². The van der Waals surface area contributed by atoms with Crippen LogP contribution in [0.25, 0.3) is 0 Å². The summed E-state index contributed by atoms with van der Waals surface area (Å²) in [6.45, 7) is 5.66. The van der Waals surface area contributed by atoms with Gasteiger partial charge < -0.3 is 15.5 Å². The van der Waals surface area contributed by atoms with Crippen LogP contribution in [0.15, 0.2) is 53.0 Å². The lowest BCUT2D eigenvalue weighted by Crippen LogP contribution is -2.46. The molecule has 0 aromatic heterocycles. The van der Waals surface area contributed by atoms with Crippen LogP contribution in [0.4, 0.5) is 5.69 Å². The molecule has 0 bridgehead atoms. The Morgan fingerprint density at radius 1 is 1.03 bits per heavy atom. The van der Waals surface area contributed by atoms with Gasteiger partial charge in [-0.2, -0.15) is 0 Å². The molecule has 0 spiro atoms. The monoisotopic (exact) mass is 458 g/mol. The standard InChI is InChI=1S/C22H27BrN4O2/c1-26-11-13-27(14-12-26)10-9-24-22(29)18-3-2-4-20(16-18)25-21(28)15-17-5-7-19(23)8-6-17/h2-8,16H,9-15H2,1H3,(H,24,29)(H,25,28). The first-order chi connectivity index (χ1) is 14.0. The highest BCUT2D eigenvalue weighted by molar-refractivity contribution is 9.10. The molecule has 0 atom stereocenters. The molecule has 0 unspecified atom stereocenters. The third-order valence-electron chi connectivity index (χ3n) is 5.00. The van der Waals surface area contributed by atoms with Crippen LogP contribution in [0.5, 0.6) is 0 Å². The minimum absolute atomic E-state index is 0.111. The van der Waals surface area contributed by atoms with E-state index in [0.29, 0.717) is 17.8 Å². The average molecular weight is 459 g/mol. The number of hydrogen-bond donors (Lipinski definition) is 2. The Bertz CT molecular complexity index is 833. The molecule has 2 aromatic rings. The van der Waals surface area contributed by atoms with Crippen LogP contribution >= 0.6 is 15.9 Å². The second-order valence-electron chi connectivity index (χ2n) is 7.33. The zero-order chi connectivity index (χ0) is 20.6. The quantitative estimate of drug-likeness (QED) is 0.669. The number of halogens is 1. The number of nitrogens with zero attached hydrogens (tertiary/aromatic N) is 2. The van der Waals surface area contributed by atoms with Gasteiger partial charge in [-0.15, -0.1) is 0 Å². The van der Waals surface area contributed by atoms with Crippen molar-refractivity contribution in [3.63, 3.8) is 0 Å². The summed E-state index contributed by atoms with van der Waals surface area (Å²) >= 11 is 3.39. The van der Waals surface area contributed by atoms with Crippen LogP contribution in [-0.2, 0) is 11.2 Å². The normalized spacial score (nSPS) is 15.1. The number of benzene rings is 2. The predicted octanol–water partition coefficient (Wildman–Crippen LogP) is 2.61. The summed E-state index contributed by atoms with van der Waals surface area (Å²) in [5, 5.41) is 5.84. The van der Waals surface area contributed by atoms with E-state index < -0.39 is 0 Å². The van der Waals surface area contributed by atoms with Crippen LogP contribution in [-0.4, -0.2) is 67.9 Å². The van der Waals surface area contributed by atoms with Crippen molar-refractivity contribution in [3.8, 4) is 0 Å². The van der Waals surface area contributed by atoms with Crippen LogP contribution in [0, 0.1) is 0 Å². The first-order valence-corrected chi connectivity index (χ1v) is 10.6. The lowest BCUT2D eigenvalue weighted by atomic mass is 10.1. The number of anilines is 1. The van der Waals surface area contributed by atoms with Crippen molar-refractivity contribution in [2.24, 2.45) is 0 Å². The Morgan fingerprint density at radius 2 is 1.76 bits per heavy atom. The van der Waals surface area contributed by atoms with Crippen LogP contribution < -0.4 is 10.6 Å². The van der Waals surface area contributed by atoms with Crippen LogP contribution in [0.1, 0.15) is 15.9 Å². The predicted molar refractivity (Wildman–Crippen MR) is 119 cm³/mol. The van der Waals surface area contributed by atoms with Gasteiger partial charge in [0.25, 0.3) is 5.91 Å². The maximum absolute atomic E-state index is 12.4. The first-order valence-electron chi connectivity index (χ1n) is 9.83. The van der Waals surface area contributed by atoms with Crippen LogP contribution in [0.3, 0.4) is 0 Å². The topological polar surface area (TPSA) is 64.7 Å². The van der Waals surface area contributed by atoms with Crippen molar-refractivity contribution in [1.29, 1.82) is 0 Å². The molecule has 0 radical (unpaired) electrons. The zero-order valence-corrected chi connectivity index (χ0v) is 18.2. The lowest BCUT2D eigenvalue weighted by Gasteiger charge is -2.32. The van der Waals surface area contributed by atoms with Gasteiger partial charge in [-0.05, 0) is 42.9 Å². The Morgan fingerprint density at radius 3 is 2.48 bits per heavy atom. The highest BCUT2D eigenvalue weighted by Gasteiger charge is 2.14. The lowest BCUT2D eigenvalue weighted by molar-refractivity contribution is -0.115. The van der Waals surface area contributed by atoms with E-state index in [1.807, 2.05) is 24.3 Å². The molecule has 1 heterocycles. The minimum atomic E-state index is -0.122. The Labute approximate surface area is 180 Å². The highest BCUT2D eigenvalue weighted by atomic mass is 79.9. The zero-order valence-electron chi connectivity index (χ0n) is 16.7. The molecule has 1 aliphatic heterocycles. The smallest absolute Gasteiger partial charge is 0.251 e. The maximum Gasteiger partial charge on any atom is 0.251 e. The van der Waals surface area contributed by atoms with Crippen molar-refractivity contribution >= 4 is 33.4 Å². The van der Waals surface area contributed by atoms with Gasteiger partial charge in [-0.1, -0.05) is 34.1 Å². The molecule has 3 rings (SSSR count). The van der Waals surface area contributed by atoms with Gasteiger partial charge in [-0.25, -0.2) is 0 Å². The molecule has 29 heavy (non-hydrogen) atoms. The fourth-order valence-electron chi connectivity index (χ4n) is 3.23. The number of rotatable bonds is 7. The molecule has 2 amide bonds. The van der Waals surface area contributed by atoms with Crippen molar-refractivity contribution in [1.82, 2.24) is 15.1 Å². The van der Waals surface area contributed by atoms with Gasteiger partial charge >= 0.3 is 0 Å². The number of carbonyl (C=O) groups is 2. The van der Waals surface area contributed by atoms with Crippen molar-refractivity contribution in [2.75, 3.05) is 51.6 Å². The fraction of sp³-hybridized carbons (Fsp3) is 0.364. The van der Waals surface area contributed by atoms with Crippen molar-refractivity contribution in [3.05, 3.63) is 64.1 Å². The van der Waals surface area contributed by atoms with Gasteiger partial charge in [0.1, 0.15) is 0 Å². The molecule has 7 heteroatoms. The van der Waals surface area contributed by atoms with Gasteiger partial charge in [0.2, 0.25) is 5.91 Å². The fourth-order valence-corrected chi connectivity index (χ4v) is 3.50. The summed E-state index contributed by atoms with van der Waals surface area (Å²) in [6.07, 6.45) is 0.286. The van der Waals surface area contributed by atoms with Crippen molar-refractivity contribution < 1.29 is 9.59 Å². The number of piperazine rings is 1. The Balaban J connectivity index is 1.47. The van der Waals surface area contributed by atoms with E-state index in [-0.39, 0.29) is 18.2 Å². The van der Waals surface area contributed by atoms with E-state index in [2.05, 4.69) is 43.4 Å². The highest BCUT2D eigenvalue weighted by Crippen LogP contribution is 2.14. The molecule has 1 saturated heterocycles. The van der Waals surface area contributed by atoms with E-state index in [1.165, 1.54) is 0 Å². The minimum Gasteiger partial charge on any atom is -0.351 e. The summed E-state index contributed by atoms with van der Waals surface area (Å²) in [6, 6.07) is 14.7. The molecular weight excluding hydrogens is 432 g/mol. The van der Waals surface area contributed by atoms with Gasteiger partial charge in [0, 0.05) is 55.0 Å². The molecule has 154 valence electrons. The van der Waals surface area contributed by atoms with Crippen LogP contribution in [0.2, 0.25) is 0 Å². The SMILES string of the molecule is CN1CCN(CCNC(=O)c2cccc(NC(=O)Cc3ccc(Br)cc3)c2)CC1. The van der Waals surface area contributed by atoms with Crippen molar-refractivity contribution in [2.45, 2.75) is 6.42 Å². The van der Waals surface area contributed by atoms with E-state index in [9.17, 15) is 9.59 Å². The maximum atomic E-state index is 12.4. The largest absolute Gasteiger partial charge is 0.351 e. The third kappa shape index (κ3) is 6.96. The average Bonchev–Trinajstić information content (AvgIpc) is 2.71. The van der Waals surface area contributed by atoms with Gasteiger partial charge in [-0.3, -0.25) is 14.5 Å². The molecule has 6 nitrogen and oxygen atoms in total. The molecular formula is C22H27BrN4O2. The summed E-state index contributed by atoms with van der Waals surface area (Å²) in [5.74, 6) is -0.233. The second-order valence-corrected chi connectivity index (χ2v) is 8.25. The molecule has 0 saturated carbocycles. The molecule has 1 aliphatic rings. The third-order valence-corrected chi connectivity index (χ3v) is 5.52. The second kappa shape index (κ2) is 10.5. The number of amides is 2. The number of nitrogens with one attached hydrogen (secondary N) is 2. The first kappa shape index (κ1) is 21.5. The Kier molecular flexibility index (Phi) is 7.80. The summed E-state index contributed by atoms with van der Waals surface area (Å²) in [5.41, 5.74) is 2.10. The summed E-state index contributed by atoms with van der Waals surface area (Å²) < 4.78 is 0.980. The number of hydrogen-bond acceptors (Lipinski definition) is 4. The van der Waals surface area contributed by atoms with E-state index in [0.717, 1.165) is 42.8 Å². The van der Waals surface area contributed by atoms with E-state index >= 15 is 0 Å². The molecule has 2 N–H and O–H groups in total. The summed E-state index contributed by atoms with van der Waals surface area (Å²) in [7, 11) is 2.13. The number of likely N-dealkylation sites (N-methyl/N-ethyl adjacent to an activating group) is 1. The summed E-state index contributed by atoms with van der Waals surface area (Å²) in [4.78, 5) is 29.4. The van der Waals surface area contributed by atoms with Gasteiger partial charge in [0.15, 0.2) is 0 Å². The molecule has 1 fully saturated rings. The number of carbonyl (C=O) groups excluding carboxylic acids is 2. The Hall–Kier alpha value is -2.22. The molecule has 2 aromatic carbocycles. The molecule has 0 aliphatic carbocycles.